The zero-order valence-electron chi connectivity index (χ0n) is 7.55. The Bertz CT molecular complexity index is 358. The summed E-state index contributed by atoms with van der Waals surface area (Å²) in [6.07, 6.45) is -0.399. The lowest BCUT2D eigenvalue weighted by molar-refractivity contribution is 0.0420. The topological polar surface area (TPSA) is 38.3 Å². The van der Waals surface area contributed by atoms with E-state index in [1.165, 1.54) is 0 Å². The van der Waals surface area contributed by atoms with Crippen LogP contribution in [-0.4, -0.2) is 6.09 Å². The first kappa shape index (κ1) is 8.10. The van der Waals surface area contributed by atoms with E-state index in [0.29, 0.717) is 0 Å². The number of cyclic esters (lactones) is 1. The smallest absolute Gasteiger partial charge is 0.412 e. The standard InChI is InChI=1S/C10H10NO2/c1-10(2)7-5-3-4-6-8(7)11-9(12)13-10/h4-6H,1-2H3,(H,11,12). The van der Waals surface area contributed by atoms with E-state index in [0.717, 1.165) is 11.3 Å². The first-order valence-corrected chi connectivity index (χ1v) is 4.10. The van der Waals surface area contributed by atoms with Crippen LogP contribution in [0.1, 0.15) is 19.4 Å². The van der Waals surface area contributed by atoms with Gasteiger partial charge in [0.05, 0.1) is 5.69 Å². The molecule has 0 spiro atoms. The van der Waals surface area contributed by atoms with Gasteiger partial charge >= 0.3 is 6.09 Å². The second-order valence-electron chi connectivity index (χ2n) is 3.50. The zero-order chi connectivity index (χ0) is 9.47. The van der Waals surface area contributed by atoms with Gasteiger partial charge in [-0.15, -0.1) is 0 Å². The predicted molar refractivity (Wildman–Crippen MR) is 48.4 cm³/mol. The zero-order valence-corrected chi connectivity index (χ0v) is 7.55. The number of fused-ring (bicyclic) bond motifs is 1. The number of benzene rings is 1. The molecule has 3 heteroatoms. The lowest BCUT2D eigenvalue weighted by atomic mass is 9.95. The summed E-state index contributed by atoms with van der Waals surface area (Å²) in [4.78, 5) is 11.1. The molecule has 1 radical (unpaired) electrons. The molecule has 67 valence electrons. The number of ether oxygens (including phenoxy) is 1. The van der Waals surface area contributed by atoms with Crippen molar-refractivity contribution < 1.29 is 9.53 Å². The molecule has 0 unspecified atom stereocenters. The third kappa shape index (κ3) is 1.26. The average Bonchev–Trinajstić information content (AvgIpc) is 2.02. The molecule has 0 aliphatic carbocycles. The fourth-order valence-corrected chi connectivity index (χ4v) is 1.46. The van der Waals surface area contributed by atoms with Crippen molar-refractivity contribution in [1.82, 2.24) is 0 Å². The molecule has 1 aliphatic rings. The monoisotopic (exact) mass is 176 g/mol. The molecule has 0 fully saturated rings. The molecular formula is C10H10NO2. The minimum Gasteiger partial charge on any atom is -0.438 e. The highest BCUT2D eigenvalue weighted by atomic mass is 16.6. The Kier molecular flexibility index (Phi) is 1.55. The number of hydrogen-bond acceptors (Lipinski definition) is 2. The Morgan fingerprint density at radius 3 is 3.08 bits per heavy atom. The Morgan fingerprint density at radius 2 is 2.31 bits per heavy atom. The van der Waals surface area contributed by atoms with Crippen LogP contribution in [0.25, 0.3) is 0 Å². The van der Waals surface area contributed by atoms with E-state index in [2.05, 4.69) is 11.4 Å². The van der Waals surface area contributed by atoms with E-state index < -0.39 is 11.7 Å². The molecule has 1 aromatic carbocycles. The summed E-state index contributed by atoms with van der Waals surface area (Å²) >= 11 is 0. The summed E-state index contributed by atoms with van der Waals surface area (Å²) in [5.74, 6) is 0. The van der Waals surface area contributed by atoms with Crippen molar-refractivity contribution in [2.45, 2.75) is 19.4 Å². The van der Waals surface area contributed by atoms with Gasteiger partial charge in [0.2, 0.25) is 0 Å². The van der Waals surface area contributed by atoms with Gasteiger partial charge in [0.25, 0.3) is 0 Å². The quantitative estimate of drug-likeness (QED) is 0.658. The largest absolute Gasteiger partial charge is 0.438 e. The first-order chi connectivity index (χ1) is 6.09. The highest BCUT2D eigenvalue weighted by Crippen LogP contribution is 2.34. The fraction of sp³-hybridized carbons (Fsp3) is 0.300. The van der Waals surface area contributed by atoms with E-state index in [9.17, 15) is 4.79 Å². The van der Waals surface area contributed by atoms with Gasteiger partial charge in [0.15, 0.2) is 0 Å². The molecule has 13 heavy (non-hydrogen) atoms. The third-order valence-corrected chi connectivity index (χ3v) is 2.10. The number of hydrogen-bond donors (Lipinski definition) is 1. The van der Waals surface area contributed by atoms with Crippen molar-refractivity contribution in [3.63, 3.8) is 0 Å². The van der Waals surface area contributed by atoms with E-state index in [1.54, 1.807) is 6.07 Å². The van der Waals surface area contributed by atoms with Gasteiger partial charge in [-0.05, 0) is 32.0 Å². The van der Waals surface area contributed by atoms with E-state index in [4.69, 9.17) is 4.74 Å². The lowest BCUT2D eigenvalue weighted by Crippen LogP contribution is -2.34. The van der Waals surface area contributed by atoms with Gasteiger partial charge in [0, 0.05) is 5.56 Å². The van der Waals surface area contributed by atoms with Crippen molar-refractivity contribution in [2.75, 3.05) is 5.32 Å². The van der Waals surface area contributed by atoms with Crippen LogP contribution in [0.5, 0.6) is 0 Å². The molecular weight excluding hydrogens is 166 g/mol. The van der Waals surface area contributed by atoms with Crippen LogP contribution in [-0.2, 0) is 10.3 Å². The van der Waals surface area contributed by atoms with Gasteiger partial charge in [0.1, 0.15) is 5.60 Å². The molecule has 1 N–H and O–H groups in total. The van der Waals surface area contributed by atoms with Gasteiger partial charge in [-0.1, -0.05) is 6.07 Å². The summed E-state index contributed by atoms with van der Waals surface area (Å²) in [6.45, 7) is 3.72. The number of nitrogens with one attached hydrogen (secondary N) is 1. The average molecular weight is 176 g/mol. The van der Waals surface area contributed by atoms with Crippen molar-refractivity contribution in [3.05, 3.63) is 29.8 Å². The van der Waals surface area contributed by atoms with Crippen LogP contribution in [0.4, 0.5) is 10.5 Å². The first-order valence-electron chi connectivity index (χ1n) is 4.10. The highest BCUT2D eigenvalue weighted by Gasteiger charge is 2.32. The van der Waals surface area contributed by atoms with Gasteiger partial charge in [-0.2, -0.15) is 0 Å². The molecule has 0 saturated carbocycles. The highest BCUT2D eigenvalue weighted by molar-refractivity contribution is 5.88. The van der Waals surface area contributed by atoms with Gasteiger partial charge in [-0.25, -0.2) is 4.79 Å². The molecule has 0 atom stereocenters. The van der Waals surface area contributed by atoms with Gasteiger partial charge in [-0.3, -0.25) is 5.32 Å². The van der Waals surface area contributed by atoms with Crippen molar-refractivity contribution in [3.8, 4) is 0 Å². The van der Waals surface area contributed by atoms with Crippen LogP contribution in [0.15, 0.2) is 18.2 Å². The lowest BCUT2D eigenvalue weighted by Gasteiger charge is -2.32. The molecule has 3 nitrogen and oxygen atoms in total. The predicted octanol–water partition coefficient (Wildman–Crippen LogP) is 2.28. The number of rotatable bonds is 0. The van der Waals surface area contributed by atoms with Gasteiger partial charge < -0.3 is 4.74 Å². The van der Waals surface area contributed by atoms with E-state index >= 15 is 0 Å². The number of carbonyl (C=O) groups excluding carboxylic acids is 1. The molecule has 2 rings (SSSR count). The molecule has 1 aliphatic heterocycles. The van der Waals surface area contributed by atoms with Crippen LogP contribution in [0, 0.1) is 6.07 Å². The van der Waals surface area contributed by atoms with Crippen LogP contribution >= 0.6 is 0 Å². The number of carbonyl (C=O) groups is 1. The summed E-state index contributed by atoms with van der Waals surface area (Å²) in [5.41, 5.74) is 1.20. The SMILES string of the molecule is CC1(C)OC(=O)Nc2cc[c]cc21. The Labute approximate surface area is 76.7 Å². The summed E-state index contributed by atoms with van der Waals surface area (Å²) < 4.78 is 5.13. The van der Waals surface area contributed by atoms with Crippen molar-refractivity contribution >= 4 is 11.8 Å². The maximum atomic E-state index is 11.1. The minimum atomic E-state index is -0.560. The normalized spacial score (nSPS) is 18.5. The van der Waals surface area contributed by atoms with Crippen molar-refractivity contribution in [1.29, 1.82) is 0 Å². The van der Waals surface area contributed by atoms with Crippen LogP contribution in [0.2, 0.25) is 0 Å². The molecule has 0 saturated heterocycles. The Hall–Kier alpha value is -1.51. The van der Waals surface area contributed by atoms with E-state index in [1.807, 2.05) is 26.0 Å². The van der Waals surface area contributed by atoms with E-state index in [-0.39, 0.29) is 0 Å². The molecule has 0 bridgehead atoms. The van der Waals surface area contributed by atoms with Crippen LogP contribution < -0.4 is 5.32 Å². The number of amides is 1. The minimum absolute atomic E-state index is 0.399. The number of anilines is 1. The molecule has 1 heterocycles. The third-order valence-electron chi connectivity index (χ3n) is 2.10. The maximum Gasteiger partial charge on any atom is 0.412 e. The Balaban J connectivity index is 2.56. The summed E-state index contributed by atoms with van der Waals surface area (Å²) in [6, 6.07) is 8.37. The summed E-state index contributed by atoms with van der Waals surface area (Å²) in [7, 11) is 0. The summed E-state index contributed by atoms with van der Waals surface area (Å²) in [5, 5.41) is 2.63. The Morgan fingerprint density at radius 1 is 1.54 bits per heavy atom. The second kappa shape index (κ2) is 2.49. The molecule has 1 aromatic rings. The second-order valence-corrected chi connectivity index (χ2v) is 3.50. The maximum absolute atomic E-state index is 11.1. The molecule has 0 aromatic heterocycles. The fourth-order valence-electron chi connectivity index (χ4n) is 1.46. The molecule has 1 amide bonds. The van der Waals surface area contributed by atoms with Crippen LogP contribution in [0.3, 0.4) is 0 Å². The van der Waals surface area contributed by atoms with Crippen molar-refractivity contribution in [2.24, 2.45) is 0 Å².